The van der Waals surface area contributed by atoms with Crippen LogP contribution in [0.5, 0.6) is 0 Å². The van der Waals surface area contributed by atoms with E-state index in [1.807, 2.05) is 18.3 Å². The Balaban J connectivity index is 0.998. The first kappa shape index (κ1) is 30.1. The number of hydrogen-bond acceptors (Lipinski definition) is 2. The van der Waals surface area contributed by atoms with Crippen LogP contribution in [0.25, 0.3) is 115 Å². The molecule has 0 radical (unpaired) electrons. The molecule has 0 bridgehead atoms. The largest absolute Gasteiger partial charge is 0.292 e. The van der Waals surface area contributed by atoms with Gasteiger partial charge in [0.05, 0.1) is 16.7 Å². The van der Waals surface area contributed by atoms with Gasteiger partial charge in [0.15, 0.2) is 0 Å². The number of benzene rings is 9. The lowest BCUT2D eigenvalue weighted by Gasteiger charge is -2.17. The number of pyridine rings is 1. The van der Waals surface area contributed by atoms with E-state index in [1.54, 1.807) is 0 Å². The summed E-state index contributed by atoms with van der Waals surface area (Å²) >= 11 is 0. The number of nitrogens with zero attached hydrogens (tertiary/aromatic N) is 3. The molecule has 12 rings (SSSR count). The molecule has 0 saturated heterocycles. The summed E-state index contributed by atoms with van der Waals surface area (Å²) < 4.78 is 2.21. The molecule has 254 valence electrons. The Labute approximate surface area is 316 Å². The van der Waals surface area contributed by atoms with Gasteiger partial charge in [0, 0.05) is 23.0 Å². The van der Waals surface area contributed by atoms with E-state index in [4.69, 9.17) is 9.97 Å². The van der Waals surface area contributed by atoms with Gasteiger partial charge in [0.25, 0.3) is 0 Å². The predicted molar refractivity (Wildman–Crippen MR) is 231 cm³/mol. The third-order valence-electron chi connectivity index (χ3n) is 11.5. The van der Waals surface area contributed by atoms with Gasteiger partial charge in [-0.25, -0.2) is 4.98 Å². The molecule has 0 amide bonds. The highest BCUT2D eigenvalue weighted by Gasteiger charge is 2.17. The average molecular weight is 698 g/mol. The van der Waals surface area contributed by atoms with E-state index in [1.165, 1.54) is 75.8 Å². The summed E-state index contributed by atoms with van der Waals surface area (Å²) in [5.41, 5.74) is 8.46. The lowest BCUT2D eigenvalue weighted by Crippen LogP contribution is -1.97. The van der Waals surface area contributed by atoms with E-state index >= 15 is 0 Å². The zero-order valence-electron chi connectivity index (χ0n) is 29.7. The molecule has 0 aliphatic heterocycles. The number of fused-ring (bicyclic) bond motifs is 3. The van der Waals surface area contributed by atoms with Crippen LogP contribution in [0, 0.1) is 0 Å². The van der Waals surface area contributed by atoms with Crippen LogP contribution in [0.3, 0.4) is 0 Å². The lowest BCUT2D eigenvalue weighted by atomic mass is 9.86. The Morgan fingerprint density at radius 3 is 1.58 bits per heavy atom. The van der Waals surface area contributed by atoms with Gasteiger partial charge in [-0.1, -0.05) is 133 Å². The van der Waals surface area contributed by atoms with Gasteiger partial charge in [-0.05, 0) is 124 Å². The van der Waals surface area contributed by atoms with Crippen molar-refractivity contribution in [1.82, 2.24) is 14.5 Å². The topological polar surface area (TPSA) is 30.7 Å². The molecule has 0 fully saturated rings. The molecule has 0 unspecified atom stereocenters. The van der Waals surface area contributed by atoms with Crippen molar-refractivity contribution in [2.24, 2.45) is 0 Å². The maximum atomic E-state index is 5.03. The number of hydrogen-bond donors (Lipinski definition) is 0. The molecule has 3 nitrogen and oxygen atoms in total. The quantitative estimate of drug-likeness (QED) is 0.171. The van der Waals surface area contributed by atoms with Gasteiger partial charge in [-0.2, -0.15) is 0 Å². The van der Waals surface area contributed by atoms with E-state index in [0.717, 1.165) is 39.4 Å². The molecule has 10 aromatic carbocycles. The summed E-state index contributed by atoms with van der Waals surface area (Å²) in [5, 5.41) is 15.5. The smallest absolute Gasteiger partial charge is 0.147 e. The molecule has 2 heterocycles. The van der Waals surface area contributed by atoms with E-state index in [9.17, 15) is 0 Å². The summed E-state index contributed by atoms with van der Waals surface area (Å²) in [6.45, 7) is 0. The van der Waals surface area contributed by atoms with Gasteiger partial charge in [0.1, 0.15) is 5.82 Å². The maximum Gasteiger partial charge on any atom is 0.147 e. The number of rotatable bonds is 4. The van der Waals surface area contributed by atoms with E-state index in [0.29, 0.717) is 0 Å². The average Bonchev–Trinajstić information content (AvgIpc) is 3.65. The van der Waals surface area contributed by atoms with Crippen molar-refractivity contribution in [2.45, 2.75) is 0 Å². The SMILES string of the molecule is c1ccc(-n2c(-c3ccc(-c4ccc(-c5cc6ccc7cccc8c9cccc%10ccc%11cccc(c(c5)c6c78)c%11c%109)cc4)nc3)nc3ccccc32)cc1. The van der Waals surface area contributed by atoms with Crippen LogP contribution in [-0.4, -0.2) is 14.5 Å². The van der Waals surface area contributed by atoms with Gasteiger partial charge in [-0.3, -0.25) is 9.55 Å². The first-order chi connectivity index (χ1) is 27.3. The van der Waals surface area contributed by atoms with Gasteiger partial charge in [0.2, 0.25) is 0 Å². The second-order valence-corrected chi connectivity index (χ2v) is 14.6. The second kappa shape index (κ2) is 11.6. The van der Waals surface area contributed by atoms with Crippen molar-refractivity contribution >= 4 is 75.7 Å². The van der Waals surface area contributed by atoms with Crippen LogP contribution in [0.1, 0.15) is 0 Å². The fourth-order valence-electron chi connectivity index (χ4n) is 9.04. The van der Waals surface area contributed by atoms with Crippen LogP contribution in [0.2, 0.25) is 0 Å². The fourth-order valence-corrected chi connectivity index (χ4v) is 9.04. The standard InChI is InChI=1S/C52H31N3/c1-2-12-40(13-3-1)55-47-18-5-4-17-46(47)54-52(55)38-27-28-45(53-31-38)33-21-19-32(20-22-33)39-29-37-26-25-36-10-7-15-42-41-14-6-9-34-23-24-35-11-8-16-43(50(35)48(34)41)44(30-39)51(37)49(36)42/h1-31H. The summed E-state index contributed by atoms with van der Waals surface area (Å²) in [6, 6.07) is 66.0. The minimum atomic E-state index is 0.879. The van der Waals surface area contributed by atoms with Gasteiger partial charge >= 0.3 is 0 Å². The lowest BCUT2D eigenvalue weighted by molar-refractivity contribution is 1.10. The van der Waals surface area contributed by atoms with Crippen molar-refractivity contribution in [2.75, 3.05) is 0 Å². The summed E-state index contributed by atoms with van der Waals surface area (Å²) in [6.07, 6.45) is 1.95. The monoisotopic (exact) mass is 697 g/mol. The zero-order valence-corrected chi connectivity index (χ0v) is 29.7. The van der Waals surface area contributed by atoms with E-state index < -0.39 is 0 Å². The second-order valence-electron chi connectivity index (χ2n) is 14.6. The number of aromatic nitrogens is 3. The van der Waals surface area contributed by atoms with Crippen LogP contribution in [0.4, 0.5) is 0 Å². The van der Waals surface area contributed by atoms with Crippen LogP contribution in [-0.2, 0) is 0 Å². The Kier molecular flexibility index (Phi) is 6.34. The molecule has 0 spiro atoms. The molecule has 0 saturated carbocycles. The maximum absolute atomic E-state index is 5.03. The van der Waals surface area contributed by atoms with Crippen LogP contribution in [0.15, 0.2) is 188 Å². The predicted octanol–water partition coefficient (Wildman–Crippen LogP) is 13.8. The molecule has 12 aromatic rings. The fraction of sp³-hybridized carbons (Fsp3) is 0. The third-order valence-corrected chi connectivity index (χ3v) is 11.5. The van der Waals surface area contributed by atoms with E-state index in [2.05, 4.69) is 174 Å². The molecular formula is C52H31N3. The van der Waals surface area contributed by atoms with Crippen molar-refractivity contribution in [3.05, 3.63) is 188 Å². The van der Waals surface area contributed by atoms with Gasteiger partial charge in [-0.15, -0.1) is 0 Å². The Hall–Kier alpha value is -7.36. The molecule has 2 aromatic heterocycles. The third kappa shape index (κ3) is 4.50. The van der Waals surface area contributed by atoms with Gasteiger partial charge < -0.3 is 0 Å². The zero-order chi connectivity index (χ0) is 36.0. The Morgan fingerprint density at radius 1 is 0.364 bits per heavy atom. The molecule has 0 atom stereocenters. The normalized spacial score (nSPS) is 12.0. The molecular weight excluding hydrogens is 667 g/mol. The van der Waals surface area contributed by atoms with Crippen molar-refractivity contribution < 1.29 is 0 Å². The summed E-state index contributed by atoms with van der Waals surface area (Å²) in [4.78, 5) is 9.99. The first-order valence-corrected chi connectivity index (χ1v) is 18.8. The van der Waals surface area contributed by atoms with E-state index in [-0.39, 0.29) is 0 Å². The Bertz CT molecular complexity index is 3450. The summed E-state index contributed by atoms with van der Waals surface area (Å²) in [5.74, 6) is 0.879. The molecule has 3 heteroatoms. The van der Waals surface area contributed by atoms with Crippen molar-refractivity contribution in [3.63, 3.8) is 0 Å². The Morgan fingerprint density at radius 2 is 0.927 bits per heavy atom. The molecule has 0 aliphatic carbocycles. The highest BCUT2D eigenvalue weighted by Crippen LogP contribution is 2.44. The summed E-state index contributed by atoms with van der Waals surface area (Å²) in [7, 11) is 0. The molecule has 0 N–H and O–H groups in total. The number of para-hydroxylation sites is 3. The first-order valence-electron chi connectivity index (χ1n) is 18.8. The minimum Gasteiger partial charge on any atom is -0.292 e. The highest BCUT2D eigenvalue weighted by molar-refractivity contribution is 6.37. The molecule has 0 aliphatic rings. The van der Waals surface area contributed by atoms with Crippen molar-refractivity contribution in [1.29, 1.82) is 0 Å². The minimum absolute atomic E-state index is 0.879. The molecule has 55 heavy (non-hydrogen) atoms. The van der Waals surface area contributed by atoms with Crippen LogP contribution < -0.4 is 0 Å². The number of imidazole rings is 1. The van der Waals surface area contributed by atoms with Crippen LogP contribution >= 0.6 is 0 Å². The highest BCUT2D eigenvalue weighted by atomic mass is 15.1. The van der Waals surface area contributed by atoms with Crippen molar-refractivity contribution in [3.8, 4) is 39.5 Å².